The summed E-state index contributed by atoms with van der Waals surface area (Å²) in [4.78, 5) is 0. The molecule has 3 aliphatic heterocycles. The van der Waals surface area contributed by atoms with Gasteiger partial charge < -0.3 is 14.2 Å². The molecule has 1 atom stereocenters. The van der Waals surface area contributed by atoms with Crippen LogP contribution in [0.5, 0.6) is 0 Å². The van der Waals surface area contributed by atoms with Gasteiger partial charge in [0.25, 0.3) is 10.0 Å². The van der Waals surface area contributed by atoms with E-state index >= 15 is 0 Å². The van der Waals surface area contributed by atoms with Gasteiger partial charge in [-0.1, -0.05) is 0 Å². The van der Waals surface area contributed by atoms with Gasteiger partial charge in [-0.05, 0) is 24.3 Å². The van der Waals surface area contributed by atoms with Crippen LogP contribution in [-0.2, 0) is 24.2 Å². The average Bonchev–Trinajstić information content (AvgIpc) is 3.29. The Morgan fingerprint density at radius 2 is 2.05 bits per heavy atom. The third kappa shape index (κ3) is 2.42. The lowest BCUT2D eigenvalue weighted by Gasteiger charge is -2.22. The van der Waals surface area contributed by atoms with Crippen molar-refractivity contribution in [3.63, 3.8) is 0 Å². The van der Waals surface area contributed by atoms with Gasteiger partial charge in [0, 0.05) is 30.7 Å². The van der Waals surface area contributed by atoms with E-state index in [4.69, 9.17) is 14.2 Å². The summed E-state index contributed by atoms with van der Waals surface area (Å²) in [6.45, 7) is 3.54. The standard InChI is InChI=1S/C14H19NO5S2/c16-22(17,15-4-2-14(9-15)3-5-18-10-14)13-11(1-8-21-13)12-19-6-7-20-12/h1,8,12H,2-7,9-10H2/t14-/m0/s1. The first kappa shape index (κ1) is 15.0. The Morgan fingerprint density at radius 3 is 2.77 bits per heavy atom. The van der Waals surface area contributed by atoms with Crippen molar-refractivity contribution in [1.29, 1.82) is 0 Å². The molecule has 0 aliphatic carbocycles. The van der Waals surface area contributed by atoms with Crippen LogP contribution in [0.1, 0.15) is 24.7 Å². The van der Waals surface area contributed by atoms with Gasteiger partial charge in [0.2, 0.25) is 0 Å². The lowest BCUT2D eigenvalue weighted by Crippen LogP contribution is -2.32. The monoisotopic (exact) mass is 345 g/mol. The lowest BCUT2D eigenvalue weighted by atomic mass is 9.87. The molecule has 1 spiro atoms. The molecule has 0 saturated carbocycles. The SMILES string of the molecule is O=S(=O)(c1sccc1C1OCCO1)N1CC[C@]2(CCOC2)C1. The molecule has 4 rings (SSSR count). The molecule has 8 heteroatoms. The van der Waals surface area contributed by atoms with Gasteiger partial charge >= 0.3 is 0 Å². The molecule has 0 unspecified atom stereocenters. The van der Waals surface area contributed by atoms with Crippen LogP contribution in [0.2, 0.25) is 0 Å². The quantitative estimate of drug-likeness (QED) is 0.832. The summed E-state index contributed by atoms with van der Waals surface area (Å²) in [6.07, 6.45) is 1.27. The highest BCUT2D eigenvalue weighted by Crippen LogP contribution is 2.42. The maximum atomic E-state index is 13.0. The van der Waals surface area contributed by atoms with Crippen LogP contribution in [0.15, 0.2) is 15.7 Å². The van der Waals surface area contributed by atoms with Crippen LogP contribution < -0.4 is 0 Å². The van der Waals surface area contributed by atoms with Gasteiger partial charge in [0.05, 0.1) is 19.8 Å². The Morgan fingerprint density at radius 1 is 1.23 bits per heavy atom. The van der Waals surface area contributed by atoms with Crippen molar-refractivity contribution in [3.05, 3.63) is 17.0 Å². The molecule has 1 aromatic rings. The molecule has 6 nitrogen and oxygen atoms in total. The molecule has 3 aliphatic rings. The second kappa shape index (κ2) is 5.54. The Balaban J connectivity index is 1.60. The minimum absolute atomic E-state index is 0.0187. The number of thiophene rings is 1. The number of sulfonamides is 1. The number of hydrogen-bond donors (Lipinski definition) is 0. The lowest BCUT2D eigenvalue weighted by molar-refractivity contribution is -0.0456. The van der Waals surface area contributed by atoms with E-state index in [0.29, 0.717) is 42.7 Å². The van der Waals surface area contributed by atoms with Crippen LogP contribution in [-0.4, -0.2) is 52.2 Å². The fourth-order valence-electron chi connectivity index (χ4n) is 3.42. The first-order chi connectivity index (χ1) is 10.6. The van der Waals surface area contributed by atoms with Gasteiger partial charge in [-0.15, -0.1) is 11.3 Å². The van der Waals surface area contributed by atoms with Crippen LogP contribution in [0.25, 0.3) is 0 Å². The fourth-order valence-corrected chi connectivity index (χ4v) is 6.50. The second-order valence-electron chi connectivity index (χ2n) is 6.13. The molecule has 3 fully saturated rings. The van der Waals surface area contributed by atoms with E-state index in [1.165, 1.54) is 11.3 Å². The van der Waals surface area contributed by atoms with Gasteiger partial charge in [0.15, 0.2) is 6.29 Å². The predicted octanol–water partition coefficient (Wildman–Crippen LogP) is 1.59. The second-order valence-corrected chi connectivity index (χ2v) is 9.18. The van der Waals surface area contributed by atoms with Crippen molar-refractivity contribution in [2.24, 2.45) is 5.41 Å². The normalized spacial score (nSPS) is 30.7. The zero-order valence-corrected chi connectivity index (χ0v) is 13.8. The summed E-state index contributed by atoms with van der Waals surface area (Å²) >= 11 is 1.24. The van der Waals surface area contributed by atoms with Crippen LogP contribution in [0.3, 0.4) is 0 Å². The summed E-state index contributed by atoms with van der Waals surface area (Å²) in [7, 11) is -3.49. The van der Waals surface area contributed by atoms with Crippen molar-refractivity contribution in [2.75, 3.05) is 39.5 Å². The Bertz CT molecular complexity index is 644. The van der Waals surface area contributed by atoms with Crippen molar-refractivity contribution in [2.45, 2.75) is 23.3 Å². The topological polar surface area (TPSA) is 65.1 Å². The zero-order valence-electron chi connectivity index (χ0n) is 12.2. The minimum atomic E-state index is -3.49. The molecular weight excluding hydrogens is 326 g/mol. The number of ether oxygens (including phenoxy) is 3. The third-order valence-corrected chi connectivity index (χ3v) is 8.03. The van der Waals surface area contributed by atoms with E-state index in [9.17, 15) is 8.42 Å². The highest BCUT2D eigenvalue weighted by atomic mass is 32.2. The van der Waals surface area contributed by atoms with Gasteiger partial charge in [-0.25, -0.2) is 8.42 Å². The Hall–Kier alpha value is -0.510. The van der Waals surface area contributed by atoms with Crippen LogP contribution in [0, 0.1) is 5.41 Å². The molecule has 0 radical (unpaired) electrons. The maximum Gasteiger partial charge on any atom is 0.253 e. The summed E-state index contributed by atoms with van der Waals surface area (Å²) in [5, 5.41) is 1.79. The number of nitrogens with zero attached hydrogens (tertiary/aromatic N) is 1. The molecule has 4 heterocycles. The van der Waals surface area contributed by atoms with Crippen LogP contribution in [0.4, 0.5) is 0 Å². The summed E-state index contributed by atoms with van der Waals surface area (Å²) in [6, 6.07) is 1.79. The zero-order chi connectivity index (χ0) is 15.2. The smallest absolute Gasteiger partial charge is 0.253 e. The molecule has 0 N–H and O–H groups in total. The minimum Gasteiger partial charge on any atom is -0.381 e. The number of hydrogen-bond acceptors (Lipinski definition) is 6. The Kier molecular flexibility index (Phi) is 3.79. The van der Waals surface area contributed by atoms with Crippen molar-refractivity contribution in [3.8, 4) is 0 Å². The summed E-state index contributed by atoms with van der Waals surface area (Å²) in [5.74, 6) is 0. The first-order valence-electron chi connectivity index (χ1n) is 7.49. The molecule has 3 saturated heterocycles. The maximum absolute atomic E-state index is 13.0. The number of rotatable bonds is 3. The fraction of sp³-hybridized carbons (Fsp3) is 0.714. The van der Waals surface area contributed by atoms with Crippen molar-refractivity contribution in [1.82, 2.24) is 4.31 Å². The average molecular weight is 345 g/mol. The first-order valence-corrected chi connectivity index (χ1v) is 9.81. The molecular formula is C14H19NO5S2. The van der Waals surface area contributed by atoms with Crippen molar-refractivity contribution >= 4 is 21.4 Å². The highest BCUT2D eigenvalue weighted by Gasteiger charge is 2.46. The van der Waals surface area contributed by atoms with Crippen LogP contribution >= 0.6 is 11.3 Å². The van der Waals surface area contributed by atoms with Gasteiger partial charge in [-0.3, -0.25) is 0 Å². The van der Waals surface area contributed by atoms with Crippen molar-refractivity contribution < 1.29 is 22.6 Å². The van der Waals surface area contributed by atoms with E-state index in [2.05, 4.69) is 0 Å². The van der Waals surface area contributed by atoms with E-state index in [0.717, 1.165) is 19.4 Å². The van der Waals surface area contributed by atoms with Gasteiger partial charge in [0.1, 0.15) is 4.21 Å². The largest absolute Gasteiger partial charge is 0.381 e. The summed E-state index contributed by atoms with van der Waals surface area (Å²) < 4.78 is 44.4. The predicted molar refractivity (Wildman–Crippen MR) is 80.2 cm³/mol. The Labute approximate surface area is 134 Å². The molecule has 122 valence electrons. The van der Waals surface area contributed by atoms with E-state index < -0.39 is 16.3 Å². The molecule has 1 aromatic heterocycles. The summed E-state index contributed by atoms with van der Waals surface area (Å²) in [5.41, 5.74) is 0.649. The highest BCUT2D eigenvalue weighted by molar-refractivity contribution is 7.91. The third-order valence-electron chi connectivity index (χ3n) is 4.70. The molecule has 0 amide bonds. The van der Waals surface area contributed by atoms with E-state index in [-0.39, 0.29) is 5.41 Å². The van der Waals surface area contributed by atoms with Gasteiger partial charge in [-0.2, -0.15) is 4.31 Å². The molecule has 0 aromatic carbocycles. The molecule has 0 bridgehead atoms. The van der Waals surface area contributed by atoms with E-state index in [1.807, 2.05) is 0 Å². The van der Waals surface area contributed by atoms with E-state index in [1.54, 1.807) is 15.8 Å². The molecule has 22 heavy (non-hydrogen) atoms.